The van der Waals surface area contributed by atoms with Gasteiger partial charge < -0.3 is 38.4 Å². The Hall–Kier alpha value is -8.00. The maximum absolute atomic E-state index is 5.88. The van der Waals surface area contributed by atoms with E-state index in [1.54, 1.807) is 61.4 Å². The third kappa shape index (κ3) is 6.93. The summed E-state index contributed by atoms with van der Waals surface area (Å²) in [5.74, 6) is 4.43. The molecule has 2 aliphatic carbocycles. The molecule has 4 heterocycles. The minimum Gasteiger partial charge on any atom is -0.493 e. The van der Waals surface area contributed by atoms with Gasteiger partial charge in [-0.15, -0.1) is 0 Å². The minimum atomic E-state index is -0.494. The van der Waals surface area contributed by atoms with Crippen molar-refractivity contribution < 1.29 is 28.4 Å². The second kappa shape index (κ2) is 17.4. The SMILES string of the molecule is COc1ccc(C2(c3ccccc3)C=Cc3c(-c4c[nH]cn4)n[nH]c3C2)c(OC)c1OC.COc1ccc(C2(c3ccccc3)C=Cc3c(-c4ncc[nH]4)n[nH]c3C2)c(OC)c1OC. The molecule has 0 bridgehead atoms. The Balaban J connectivity index is 0.000000162. The lowest BCUT2D eigenvalue weighted by Gasteiger charge is -2.36. The molecule has 4 N–H and O–H groups in total. The number of ether oxygens (including phenoxy) is 6. The summed E-state index contributed by atoms with van der Waals surface area (Å²) < 4.78 is 34.2. The van der Waals surface area contributed by atoms with Gasteiger partial charge in [-0.2, -0.15) is 10.2 Å². The van der Waals surface area contributed by atoms with Gasteiger partial charge in [0.25, 0.3) is 0 Å². The van der Waals surface area contributed by atoms with Crippen LogP contribution in [0.25, 0.3) is 35.1 Å². The molecule has 0 fully saturated rings. The van der Waals surface area contributed by atoms with Gasteiger partial charge in [0.2, 0.25) is 11.5 Å². The quantitative estimate of drug-likeness (QED) is 0.0932. The number of allylic oxidation sites excluding steroid dienone is 2. The molecule has 2 atom stereocenters. The molecule has 2 unspecified atom stereocenters. The van der Waals surface area contributed by atoms with Gasteiger partial charge in [0.1, 0.15) is 17.1 Å². The molecule has 0 saturated carbocycles. The molecule has 0 spiro atoms. The lowest BCUT2D eigenvalue weighted by atomic mass is 9.68. The number of hydrogen-bond acceptors (Lipinski definition) is 10. The Morgan fingerprint density at radius 2 is 1.03 bits per heavy atom. The maximum Gasteiger partial charge on any atom is 0.203 e. The van der Waals surface area contributed by atoms with Crippen molar-refractivity contribution in [2.75, 3.05) is 42.7 Å². The first-order valence-corrected chi connectivity index (χ1v) is 20.6. The van der Waals surface area contributed by atoms with Crippen molar-refractivity contribution in [2.24, 2.45) is 0 Å². The molecule has 2 aliphatic rings. The topological polar surface area (TPSA) is 170 Å². The molecule has 324 valence electrons. The third-order valence-electron chi connectivity index (χ3n) is 12.2. The number of nitrogens with zero attached hydrogens (tertiary/aromatic N) is 4. The monoisotopic (exact) mass is 856 g/mol. The van der Waals surface area contributed by atoms with E-state index in [2.05, 4.69) is 113 Å². The van der Waals surface area contributed by atoms with Crippen molar-refractivity contribution in [3.05, 3.63) is 167 Å². The summed E-state index contributed by atoms with van der Waals surface area (Å²) in [6.45, 7) is 0. The van der Waals surface area contributed by atoms with Crippen LogP contribution in [0.15, 0.2) is 122 Å². The van der Waals surface area contributed by atoms with Crippen LogP contribution < -0.4 is 28.4 Å². The minimum absolute atomic E-state index is 0.492. The molecule has 0 radical (unpaired) electrons. The summed E-state index contributed by atoms with van der Waals surface area (Å²) in [7, 11) is 9.80. The van der Waals surface area contributed by atoms with E-state index < -0.39 is 10.8 Å². The molecular formula is C50H48N8O6. The van der Waals surface area contributed by atoms with E-state index in [1.807, 2.05) is 42.6 Å². The highest BCUT2D eigenvalue weighted by molar-refractivity contribution is 5.77. The molecule has 14 heteroatoms. The lowest BCUT2D eigenvalue weighted by Crippen LogP contribution is -2.31. The summed E-state index contributed by atoms with van der Waals surface area (Å²) in [5.41, 5.74) is 9.86. The van der Waals surface area contributed by atoms with Crippen LogP contribution in [-0.4, -0.2) is 83.0 Å². The first-order valence-electron chi connectivity index (χ1n) is 20.6. The molecule has 4 aromatic carbocycles. The van der Waals surface area contributed by atoms with E-state index in [-0.39, 0.29) is 0 Å². The van der Waals surface area contributed by atoms with Crippen LogP contribution in [0, 0.1) is 0 Å². The Morgan fingerprint density at radius 3 is 1.47 bits per heavy atom. The smallest absolute Gasteiger partial charge is 0.203 e. The number of fused-ring (bicyclic) bond motifs is 2. The van der Waals surface area contributed by atoms with E-state index in [0.717, 1.165) is 67.7 Å². The predicted octanol–water partition coefficient (Wildman–Crippen LogP) is 8.76. The van der Waals surface area contributed by atoms with Crippen LogP contribution in [-0.2, 0) is 23.7 Å². The zero-order valence-corrected chi connectivity index (χ0v) is 36.4. The van der Waals surface area contributed by atoms with Crippen molar-refractivity contribution in [2.45, 2.75) is 23.7 Å². The van der Waals surface area contributed by atoms with Gasteiger partial charge in [0.05, 0.1) is 49.0 Å². The van der Waals surface area contributed by atoms with Gasteiger partial charge in [-0.1, -0.05) is 97.1 Å². The fraction of sp³-hybridized carbons (Fsp3) is 0.200. The molecule has 4 aromatic heterocycles. The standard InChI is InChI=1S/2C25H24N4O3/c1-30-21-10-9-18(23(31-2)24(21)32-3)25(16-7-5-4-6-8-16)12-11-17-19(13-25)28-29-22(17)20-14-26-15-27-20;1-30-20-10-9-18(22(31-2)23(20)32-3)25(16-7-5-4-6-8-16)12-11-17-19(15-25)28-29-21(17)24-26-13-14-27-24/h4-12,14-15H,13H2,1-3H3,(H,26,27)(H,28,29);4-14H,15H2,1-3H3,(H,26,27)(H,28,29). The second-order valence-electron chi connectivity index (χ2n) is 15.3. The Labute approximate surface area is 370 Å². The van der Waals surface area contributed by atoms with Crippen LogP contribution in [0.5, 0.6) is 34.5 Å². The van der Waals surface area contributed by atoms with Gasteiger partial charge in [0.15, 0.2) is 28.8 Å². The molecule has 0 amide bonds. The fourth-order valence-electron chi connectivity index (χ4n) is 9.14. The fourth-order valence-corrected chi connectivity index (χ4v) is 9.14. The summed E-state index contributed by atoms with van der Waals surface area (Å²) >= 11 is 0. The first kappa shape index (κ1) is 41.4. The highest BCUT2D eigenvalue weighted by atomic mass is 16.5. The maximum atomic E-state index is 5.88. The van der Waals surface area contributed by atoms with E-state index in [9.17, 15) is 0 Å². The van der Waals surface area contributed by atoms with Gasteiger partial charge >= 0.3 is 0 Å². The summed E-state index contributed by atoms with van der Waals surface area (Å²) in [6.07, 6.45) is 17.0. The number of rotatable bonds is 12. The second-order valence-corrected chi connectivity index (χ2v) is 15.3. The van der Waals surface area contributed by atoms with Crippen molar-refractivity contribution >= 4 is 12.2 Å². The number of aromatic nitrogens is 8. The van der Waals surface area contributed by atoms with Crippen LogP contribution in [0.1, 0.15) is 44.8 Å². The van der Waals surface area contributed by atoms with Gasteiger partial charge in [0, 0.05) is 75.9 Å². The molecule has 8 aromatic rings. The zero-order valence-electron chi connectivity index (χ0n) is 36.4. The Morgan fingerprint density at radius 1 is 0.531 bits per heavy atom. The van der Waals surface area contributed by atoms with E-state index in [1.165, 1.54) is 0 Å². The van der Waals surface area contributed by atoms with Crippen LogP contribution >= 0.6 is 0 Å². The number of H-pyrrole nitrogens is 4. The zero-order chi connectivity index (χ0) is 44.3. The van der Waals surface area contributed by atoms with E-state index in [0.29, 0.717) is 47.3 Å². The third-order valence-corrected chi connectivity index (χ3v) is 12.2. The number of methoxy groups -OCH3 is 6. The largest absolute Gasteiger partial charge is 0.493 e. The first-order chi connectivity index (χ1) is 31.4. The highest BCUT2D eigenvalue weighted by Gasteiger charge is 2.42. The Bertz CT molecular complexity index is 2720. The van der Waals surface area contributed by atoms with Crippen molar-refractivity contribution in [1.29, 1.82) is 0 Å². The number of hydrogen-bond donors (Lipinski definition) is 4. The summed E-state index contributed by atoms with van der Waals surface area (Å²) in [5, 5.41) is 15.6. The molecule has 14 nitrogen and oxygen atoms in total. The van der Waals surface area contributed by atoms with Crippen LogP contribution in [0.4, 0.5) is 0 Å². The lowest BCUT2D eigenvalue weighted by molar-refractivity contribution is 0.319. The average molecular weight is 857 g/mol. The molecule has 64 heavy (non-hydrogen) atoms. The Kier molecular flexibility index (Phi) is 11.2. The number of aromatic amines is 4. The highest BCUT2D eigenvalue weighted by Crippen LogP contribution is 2.52. The summed E-state index contributed by atoms with van der Waals surface area (Å²) in [6, 6.07) is 28.7. The van der Waals surface area contributed by atoms with E-state index in [4.69, 9.17) is 28.4 Å². The number of benzene rings is 4. The predicted molar refractivity (Wildman–Crippen MR) is 244 cm³/mol. The van der Waals surface area contributed by atoms with Crippen molar-refractivity contribution in [1.82, 2.24) is 40.3 Å². The van der Waals surface area contributed by atoms with Crippen molar-refractivity contribution in [3.63, 3.8) is 0 Å². The van der Waals surface area contributed by atoms with E-state index >= 15 is 0 Å². The average Bonchev–Trinajstić information content (AvgIpc) is 4.21. The molecule has 0 saturated heterocycles. The van der Waals surface area contributed by atoms with Gasteiger partial charge in [-0.05, 0) is 23.3 Å². The van der Waals surface area contributed by atoms with Crippen LogP contribution in [0.2, 0.25) is 0 Å². The van der Waals surface area contributed by atoms with Crippen molar-refractivity contribution in [3.8, 4) is 57.4 Å². The molecule has 0 aliphatic heterocycles. The van der Waals surface area contributed by atoms with Gasteiger partial charge in [-0.25, -0.2) is 9.97 Å². The molecule has 10 rings (SSSR count). The van der Waals surface area contributed by atoms with Crippen LogP contribution in [0.3, 0.4) is 0 Å². The summed E-state index contributed by atoms with van der Waals surface area (Å²) in [4.78, 5) is 14.9. The number of nitrogens with one attached hydrogen (secondary N) is 4. The number of imidazole rings is 2. The molecular weight excluding hydrogens is 809 g/mol. The van der Waals surface area contributed by atoms with Gasteiger partial charge in [-0.3, -0.25) is 10.2 Å². The normalized spacial score (nSPS) is 17.1.